The molecule has 2 aromatic rings. The van der Waals surface area contributed by atoms with Crippen molar-refractivity contribution in [2.75, 3.05) is 24.9 Å². The molecule has 2 rings (SSSR count). The van der Waals surface area contributed by atoms with E-state index in [0.717, 1.165) is 0 Å². The van der Waals surface area contributed by atoms with Gasteiger partial charge in [0.1, 0.15) is 0 Å². The number of methoxy groups -OCH3 is 2. The van der Waals surface area contributed by atoms with Crippen molar-refractivity contribution in [1.82, 2.24) is 20.4 Å². The number of anilines is 2. The molecule has 0 radical (unpaired) electrons. The van der Waals surface area contributed by atoms with Crippen molar-refractivity contribution < 1.29 is 19.1 Å². The van der Waals surface area contributed by atoms with E-state index >= 15 is 0 Å². The Morgan fingerprint density at radius 1 is 0.864 bits per heavy atom. The van der Waals surface area contributed by atoms with Crippen LogP contribution in [0, 0.1) is 0 Å². The first-order valence-electron chi connectivity index (χ1n) is 5.32. The summed E-state index contributed by atoms with van der Waals surface area (Å²) in [7, 11) is 5.12. The summed E-state index contributed by atoms with van der Waals surface area (Å²) in [5.41, 5.74) is 0. The predicted molar refractivity (Wildman–Crippen MR) is 83.6 cm³/mol. The van der Waals surface area contributed by atoms with Crippen LogP contribution in [0.4, 0.5) is 19.9 Å². The summed E-state index contributed by atoms with van der Waals surface area (Å²) >= 11 is 2.38. The molecule has 0 aliphatic rings. The van der Waals surface area contributed by atoms with E-state index in [1.54, 1.807) is 0 Å². The Morgan fingerprint density at radius 3 is 1.64 bits per heavy atom. The van der Waals surface area contributed by atoms with E-state index in [2.05, 4.69) is 40.5 Å². The minimum absolute atomic E-state index is 0.334. The molecule has 10 nitrogen and oxygen atoms in total. The zero-order chi connectivity index (χ0) is 15.9. The average molecular weight is 380 g/mol. The maximum Gasteiger partial charge on any atom is 0.413 e. The molecule has 0 bridgehead atoms. The van der Waals surface area contributed by atoms with Gasteiger partial charge in [-0.2, -0.15) is 0 Å². The topological polar surface area (TPSA) is 128 Å². The van der Waals surface area contributed by atoms with Crippen LogP contribution in [0.1, 0.15) is 0 Å². The van der Waals surface area contributed by atoms with Crippen LogP contribution < -0.4 is 10.6 Å². The van der Waals surface area contributed by atoms with Gasteiger partial charge in [-0.3, -0.25) is 10.6 Å². The molecule has 0 fully saturated rings. The van der Waals surface area contributed by atoms with Gasteiger partial charge in [-0.05, 0) is 21.6 Å². The van der Waals surface area contributed by atoms with Crippen LogP contribution in [-0.4, -0.2) is 46.8 Å². The molecule has 0 saturated heterocycles. The van der Waals surface area contributed by atoms with E-state index in [1.165, 1.54) is 58.5 Å². The number of ether oxygens (including phenoxy) is 2. The third-order valence-electron chi connectivity index (χ3n) is 1.79. The first kappa shape index (κ1) is 16.7. The van der Waals surface area contributed by atoms with E-state index in [0.29, 0.717) is 18.9 Å². The minimum Gasteiger partial charge on any atom is -0.453 e. The van der Waals surface area contributed by atoms with Crippen molar-refractivity contribution in [1.29, 1.82) is 0 Å². The van der Waals surface area contributed by atoms with Gasteiger partial charge in [-0.15, -0.1) is 20.4 Å². The Labute approximate surface area is 139 Å². The van der Waals surface area contributed by atoms with Crippen LogP contribution in [-0.2, 0) is 9.47 Å². The highest BCUT2D eigenvalue weighted by atomic mass is 33.1. The smallest absolute Gasteiger partial charge is 0.413 e. The number of aromatic nitrogens is 4. The number of carbonyl (C=O) groups is 2. The summed E-state index contributed by atoms with van der Waals surface area (Å²) in [6, 6.07) is 0. The Kier molecular flexibility index (Phi) is 6.17. The standard InChI is InChI=1S/C8H8N6O4S4/c1-17-5(15)9-3-11-13-7(19-3)21-22-8-14-12-4(20-8)10-6(16)18-2/h1-2H3,(H,9,11,15)(H,10,12,16). The minimum atomic E-state index is -0.608. The number of hydrogen-bond donors (Lipinski definition) is 2. The Balaban J connectivity index is 1.85. The first-order valence-corrected chi connectivity index (χ1v) is 9.10. The second-order valence-electron chi connectivity index (χ2n) is 3.15. The highest BCUT2D eigenvalue weighted by Gasteiger charge is 2.12. The van der Waals surface area contributed by atoms with Gasteiger partial charge in [-0.25, -0.2) is 9.59 Å². The monoisotopic (exact) mass is 380 g/mol. The first-order chi connectivity index (χ1) is 10.6. The summed E-state index contributed by atoms with van der Waals surface area (Å²) in [6.07, 6.45) is -1.22. The summed E-state index contributed by atoms with van der Waals surface area (Å²) in [5.74, 6) is 0. The maximum absolute atomic E-state index is 11.0. The molecule has 0 spiro atoms. The highest BCUT2D eigenvalue weighted by molar-refractivity contribution is 8.77. The third-order valence-corrected chi connectivity index (χ3v) is 6.41. The van der Waals surface area contributed by atoms with Gasteiger partial charge in [0.2, 0.25) is 10.3 Å². The van der Waals surface area contributed by atoms with Gasteiger partial charge in [0.25, 0.3) is 0 Å². The number of amides is 2. The molecule has 0 aliphatic heterocycles. The van der Waals surface area contributed by atoms with Crippen molar-refractivity contribution in [2.24, 2.45) is 0 Å². The van der Waals surface area contributed by atoms with Gasteiger partial charge in [-0.1, -0.05) is 22.7 Å². The van der Waals surface area contributed by atoms with E-state index < -0.39 is 12.2 Å². The third kappa shape index (κ3) is 4.97. The lowest BCUT2D eigenvalue weighted by atomic mass is 11.0. The van der Waals surface area contributed by atoms with Crippen LogP contribution in [0.2, 0.25) is 0 Å². The second-order valence-corrected chi connectivity index (χ2v) is 7.72. The average Bonchev–Trinajstić information content (AvgIpc) is 3.14. The van der Waals surface area contributed by atoms with E-state index in [-0.39, 0.29) is 0 Å². The Morgan fingerprint density at radius 2 is 1.27 bits per heavy atom. The van der Waals surface area contributed by atoms with Gasteiger partial charge in [0, 0.05) is 0 Å². The quantitative estimate of drug-likeness (QED) is 0.589. The van der Waals surface area contributed by atoms with Crippen molar-refractivity contribution in [3.05, 3.63) is 0 Å². The number of nitrogens with one attached hydrogen (secondary N) is 2. The summed E-state index contributed by atoms with van der Waals surface area (Å²) < 4.78 is 10.1. The lowest BCUT2D eigenvalue weighted by Crippen LogP contribution is -2.10. The molecule has 2 aromatic heterocycles. The fraction of sp³-hybridized carbons (Fsp3) is 0.250. The lowest BCUT2D eigenvalue weighted by molar-refractivity contribution is 0.186. The SMILES string of the molecule is COC(=O)Nc1nnc(SSc2nnc(NC(=O)OC)s2)s1. The molecule has 0 aromatic carbocycles. The van der Waals surface area contributed by atoms with Crippen molar-refractivity contribution in [3.63, 3.8) is 0 Å². The zero-order valence-corrected chi connectivity index (χ0v) is 14.3. The fourth-order valence-corrected chi connectivity index (χ4v) is 4.75. The molecular weight excluding hydrogens is 372 g/mol. The zero-order valence-electron chi connectivity index (χ0n) is 11.1. The number of rotatable bonds is 5. The molecule has 0 aliphatic carbocycles. The van der Waals surface area contributed by atoms with Crippen LogP contribution >= 0.6 is 44.3 Å². The van der Waals surface area contributed by atoms with E-state index in [1.807, 2.05) is 0 Å². The molecule has 0 unspecified atom stereocenters. The van der Waals surface area contributed by atoms with Gasteiger partial charge >= 0.3 is 12.2 Å². The van der Waals surface area contributed by atoms with Crippen LogP contribution in [0.15, 0.2) is 8.68 Å². The Bertz CT molecular complexity index is 604. The molecule has 2 N–H and O–H groups in total. The lowest BCUT2D eigenvalue weighted by Gasteiger charge is -1.96. The van der Waals surface area contributed by atoms with Crippen molar-refractivity contribution in [2.45, 2.75) is 8.68 Å². The van der Waals surface area contributed by atoms with E-state index in [4.69, 9.17) is 0 Å². The molecule has 22 heavy (non-hydrogen) atoms. The molecule has 14 heteroatoms. The molecule has 0 atom stereocenters. The molecule has 118 valence electrons. The van der Waals surface area contributed by atoms with Gasteiger partial charge in [0.15, 0.2) is 8.68 Å². The van der Waals surface area contributed by atoms with Crippen molar-refractivity contribution >= 4 is 66.7 Å². The van der Waals surface area contributed by atoms with Gasteiger partial charge < -0.3 is 9.47 Å². The highest BCUT2D eigenvalue weighted by Crippen LogP contribution is 2.41. The second kappa shape index (κ2) is 8.11. The predicted octanol–water partition coefficient (Wildman–Crippen LogP) is 2.55. The Hall–Kier alpha value is -1.64. The largest absolute Gasteiger partial charge is 0.453 e. The molecule has 0 saturated carbocycles. The molecule has 2 amide bonds. The van der Waals surface area contributed by atoms with E-state index in [9.17, 15) is 9.59 Å². The number of hydrogen-bond acceptors (Lipinski definition) is 12. The van der Waals surface area contributed by atoms with Crippen LogP contribution in [0.3, 0.4) is 0 Å². The molecular formula is C8H8N6O4S4. The summed E-state index contributed by atoms with van der Waals surface area (Å²) in [5, 5.41) is 20.9. The number of carbonyl (C=O) groups excluding carboxylic acids is 2. The van der Waals surface area contributed by atoms with Crippen molar-refractivity contribution in [3.8, 4) is 0 Å². The molecule has 2 heterocycles. The number of nitrogens with zero attached hydrogens (tertiary/aromatic N) is 4. The van der Waals surface area contributed by atoms with Gasteiger partial charge in [0.05, 0.1) is 14.2 Å². The summed E-state index contributed by atoms with van der Waals surface area (Å²) in [4.78, 5) is 22.0. The fourth-order valence-electron chi connectivity index (χ4n) is 0.936. The summed E-state index contributed by atoms with van der Waals surface area (Å²) in [6.45, 7) is 0. The van der Waals surface area contributed by atoms with Crippen LogP contribution in [0.5, 0.6) is 0 Å². The van der Waals surface area contributed by atoms with Crippen LogP contribution in [0.25, 0.3) is 0 Å². The normalized spacial score (nSPS) is 10.1. The maximum atomic E-state index is 11.0.